The lowest BCUT2D eigenvalue weighted by Gasteiger charge is -2.09. The van der Waals surface area contributed by atoms with Crippen LogP contribution >= 0.6 is 0 Å². The summed E-state index contributed by atoms with van der Waals surface area (Å²) in [6.07, 6.45) is 1.46. The standard InChI is InChI=1S/C28H23N5O4/c1-33-24-6-4-3-5-21(24)22-15-23(30-25(26(22)33)18-11-13-20(37-2)14-12-18)28(35)31-29-16-17-7-9-19(10-8-17)27(34)32-36/h3-16,36H,1-2H3,(H,31,35)(H,32,34)/b29-16+. The van der Waals surface area contributed by atoms with Crippen LogP contribution in [-0.4, -0.2) is 39.9 Å². The van der Waals surface area contributed by atoms with Gasteiger partial charge in [-0.3, -0.25) is 14.8 Å². The molecule has 9 heteroatoms. The SMILES string of the molecule is COc1ccc(-c2nc(C(=O)N/N=C/c3ccc(C(=O)NO)cc3)cc3c4ccccc4n(C)c23)cc1. The Kier molecular flexibility index (Phi) is 6.36. The van der Waals surface area contributed by atoms with Crippen molar-refractivity contribution in [1.29, 1.82) is 0 Å². The fraction of sp³-hybridized carbons (Fsp3) is 0.0714. The Bertz CT molecular complexity index is 1650. The van der Waals surface area contributed by atoms with E-state index in [4.69, 9.17) is 14.9 Å². The Balaban J connectivity index is 1.51. The smallest absolute Gasteiger partial charge is 0.289 e. The number of aromatic nitrogens is 2. The second-order valence-electron chi connectivity index (χ2n) is 8.32. The van der Waals surface area contributed by atoms with Crippen molar-refractivity contribution >= 4 is 39.8 Å². The molecule has 0 aliphatic heterocycles. The van der Waals surface area contributed by atoms with Crippen LogP contribution in [0, 0.1) is 0 Å². The van der Waals surface area contributed by atoms with E-state index in [1.54, 1.807) is 30.8 Å². The number of hydrazone groups is 1. The third-order valence-corrected chi connectivity index (χ3v) is 6.13. The van der Waals surface area contributed by atoms with Gasteiger partial charge < -0.3 is 9.30 Å². The van der Waals surface area contributed by atoms with E-state index in [2.05, 4.69) is 15.1 Å². The minimum Gasteiger partial charge on any atom is -0.497 e. The van der Waals surface area contributed by atoms with Gasteiger partial charge in [-0.1, -0.05) is 30.3 Å². The first kappa shape index (κ1) is 23.7. The molecule has 2 heterocycles. The molecule has 0 aliphatic carbocycles. The third-order valence-electron chi connectivity index (χ3n) is 6.13. The molecule has 0 bridgehead atoms. The van der Waals surface area contributed by atoms with E-state index >= 15 is 0 Å². The summed E-state index contributed by atoms with van der Waals surface area (Å²) in [6, 6.07) is 23.7. The van der Waals surface area contributed by atoms with Crippen LogP contribution in [-0.2, 0) is 7.05 Å². The van der Waals surface area contributed by atoms with E-state index in [-0.39, 0.29) is 5.69 Å². The summed E-state index contributed by atoms with van der Waals surface area (Å²) in [5, 5.41) is 14.7. The average Bonchev–Trinajstić information content (AvgIpc) is 3.24. The van der Waals surface area contributed by atoms with E-state index in [9.17, 15) is 9.59 Å². The number of hydrogen-bond donors (Lipinski definition) is 3. The summed E-state index contributed by atoms with van der Waals surface area (Å²) in [4.78, 5) is 29.3. The lowest BCUT2D eigenvalue weighted by Crippen LogP contribution is -2.19. The minimum atomic E-state index is -0.612. The van der Waals surface area contributed by atoms with E-state index in [0.717, 1.165) is 33.1 Å². The highest BCUT2D eigenvalue weighted by molar-refractivity contribution is 6.13. The summed E-state index contributed by atoms with van der Waals surface area (Å²) in [5.41, 5.74) is 8.76. The molecule has 3 N–H and O–H groups in total. The van der Waals surface area contributed by atoms with E-state index in [1.165, 1.54) is 18.3 Å². The number of hydroxylamine groups is 1. The van der Waals surface area contributed by atoms with Gasteiger partial charge >= 0.3 is 0 Å². The van der Waals surface area contributed by atoms with Gasteiger partial charge in [0.05, 0.1) is 24.5 Å². The first-order chi connectivity index (χ1) is 18.0. The van der Waals surface area contributed by atoms with Crippen LogP contribution in [0.15, 0.2) is 84.0 Å². The zero-order chi connectivity index (χ0) is 25.9. The Labute approximate surface area is 212 Å². The number of fused-ring (bicyclic) bond motifs is 3. The maximum Gasteiger partial charge on any atom is 0.289 e. The Morgan fingerprint density at radius 3 is 2.41 bits per heavy atom. The molecule has 2 amide bonds. The van der Waals surface area contributed by atoms with Crippen molar-refractivity contribution in [2.45, 2.75) is 0 Å². The average molecular weight is 494 g/mol. The zero-order valence-corrected chi connectivity index (χ0v) is 20.1. The second-order valence-corrected chi connectivity index (χ2v) is 8.32. The van der Waals surface area contributed by atoms with Crippen molar-refractivity contribution in [3.63, 3.8) is 0 Å². The van der Waals surface area contributed by atoms with Crippen molar-refractivity contribution in [3.05, 3.63) is 95.7 Å². The molecule has 5 aromatic rings. The fourth-order valence-corrected chi connectivity index (χ4v) is 4.27. The highest BCUT2D eigenvalue weighted by Crippen LogP contribution is 2.35. The number of aryl methyl sites for hydroxylation is 1. The normalized spacial score (nSPS) is 11.2. The molecule has 0 aliphatic rings. The molecule has 37 heavy (non-hydrogen) atoms. The molecule has 9 nitrogen and oxygen atoms in total. The third kappa shape index (κ3) is 4.51. The predicted molar refractivity (Wildman–Crippen MR) is 141 cm³/mol. The van der Waals surface area contributed by atoms with Gasteiger partial charge in [0.2, 0.25) is 0 Å². The van der Waals surface area contributed by atoms with Crippen molar-refractivity contribution in [1.82, 2.24) is 20.5 Å². The quantitative estimate of drug-likeness (QED) is 0.185. The number of methoxy groups -OCH3 is 1. The fourth-order valence-electron chi connectivity index (χ4n) is 4.27. The van der Waals surface area contributed by atoms with Gasteiger partial charge in [0, 0.05) is 34.5 Å². The molecule has 184 valence electrons. The number of hydrogen-bond acceptors (Lipinski definition) is 6. The number of para-hydroxylation sites is 1. The van der Waals surface area contributed by atoms with Crippen LogP contribution in [0.4, 0.5) is 0 Å². The van der Waals surface area contributed by atoms with E-state index < -0.39 is 11.8 Å². The van der Waals surface area contributed by atoms with Crippen molar-refractivity contribution < 1.29 is 19.5 Å². The molecular weight excluding hydrogens is 470 g/mol. The molecule has 2 aromatic heterocycles. The molecule has 0 fully saturated rings. The predicted octanol–water partition coefficient (Wildman–Crippen LogP) is 4.29. The van der Waals surface area contributed by atoms with Gasteiger partial charge in [-0.2, -0.15) is 5.10 Å². The molecule has 0 saturated heterocycles. The molecular formula is C28H23N5O4. The molecule has 0 saturated carbocycles. The van der Waals surface area contributed by atoms with Crippen LogP contribution in [0.25, 0.3) is 33.1 Å². The summed E-state index contributed by atoms with van der Waals surface area (Å²) >= 11 is 0. The van der Waals surface area contributed by atoms with E-state index in [0.29, 0.717) is 16.8 Å². The number of nitrogens with one attached hydrogen (secondary N) is 2. The van der Waals surface area contributed by atoms with Crippen LogP contribution < -0.4 is 15.6 Å². The number of pyridine rings is 1. The summed E-state index contributed by atoms with van der Waals surface area (Å²) < 4.78 is 7.38. The lowest BCUT2D eigenvalue weighted by atomic mass is 10.1. The van der Waals surface area contributed by atoms with Gasteiger partial charge in [-0.05, 0) is 54.1 Å². The summed E-state index contributed by atoms with van der Waals surface area (Å²) in [6.45, 7) is 0. The number of nitrogens with zero attached hydrogens (tertiary/aromatic N) is 3. The number of carbonyl (C=O) groups is 2. The van der Waals surface area contributed by atoms with Crippen LogP contribution in [0.1, 0.15) is 26.4 Å². The topological polar surface area (TPSA) is 118 Å². The highest BCUT2D eigenvalue weighted by Gasteiger charge is 2.19. The van der Waals surface area contributed by atoms with Crippen LogP contribution in [0.3, 0.4) is 0 Å². The van der Waals surface area contributed by atoms with Gasteiger partial charge in [0.1, 0.15) is 11.4 Å². The molecule has 5 rings (SSSR count). The number of rotatable bonds is 6. The molecule has 0 atom stereocenters. The zero-order valence-electron chi connectivity index (χ0n) is 20.1. The van der Waals surface area contributed by atoms with E-state index in [1.807, 2.05) is 55.6 Å². The Morgan fingerprint density at radius 1 is 0.973 bits per heavy atom. The number of amides is 2. The van der Waals surface area contributed by atoms with Gasteiger partial charge in [0.25, 0.3) is 11.8 Å². The Morgan fingerprint density at radius 2 is 1.70 bits per heavy atom. The van der Waals surface area contributed by atoms with Gasteiger partial charge in [0.15, 0.2) is 0 Å². The minimum absolute atomic E-state index is 0.224. The largest absolute Gasteiger partial charge is 0.497 e. The summed E-state index contributed by atoms with van der Waals surface area (Å²) in [5.74, 6) is -0.346. The molecule has 0 spiro atoms. The van der Waals surface area contributed by atoms with Crippen LogP contribution in [0.5, 0.6) is 5.75 Å². The van der Waals surface area contributed by atoms with Crippen molar-refractivity contribution in [2.24, 2.45) is 12.1 Å². The van der Waals surface area contributed by atoms with Crippen molar-refractivity contribution in [2.75, 3.05) is 7.11 Å². The highest BCUT2D eigenvalue weighted by atomic mass is 16.5. The number of ether oxygens (including phenoxy) is 1. The summed E-state index contributed by atoms with van der Waals surface area (Å²) in [7, 11) is 3.60. The van der Waals surface area contributed by atoms with Crippen molar-refractivity contribution in [3.8, 4) is 17.0 Å². The maximum atomic E-state index is 13.1. The maximum absolute atomic E-state index is 13.1. The molecule has 0 unspecified atom stereocenters. The van der Waals surface area contributed by atoms with Crippen LogP contribution in [0.2, 0.25) is 0 Å². The van der Waals surface area contributed by atoms with Gasteiger partial charge in [-0.25, -0.2) is 15.9 Å². The second kappa shape index (κ2) is 9.92. The number of benzene rings is 3. The molecule has 3 aromatic carbocycles. The lowest BCUT2D eigenvalue weighted by molar-refractivity contribution is 0.0706. The first-order valence-electron chi connectivity index (χ1n) is 11.4. The Hall–Kier alpha value is -5.02. The monoisotopic (exact) mass is 493 g/mol. The molecule has 0 radical (unpaired) electrons. The number of carbonyl (C=O) groups excluding carboxylic acids is 2. The first-order valence-corrected chi connectivity index (χ1v) is 11.4. The van der Waals surface area contributed by atoms with Gasteiger partial charge in [-0.15, -0.1) is 0 Å².